The number of benzene rings is 1. The molecule has 2 aliphatic carbocycles. The zero-order valence-corrected chi connectivity index (χ0v) is 18.2. The molecule has 31 heavy (non-hydrogen) atoms. The van der Waals surface area contributed by atoms with Crippen molar-refractivity contribution < 1.29 is 13.2 Å². The number of aliphatic imine (C=N–C) groups is 1. The Morgan fingerprint density at radius 3 is 2.61 bits per heavy atom. The molecule has 0 radical (unpaired) electrons. The maximum atomic E-state index is 15.0. The number of nitrogens with zero attached hydrogens (tertiary/aromatic N) is 4. The van der Waals surface area contributed by atoms with Gasteiger partial charge in [0.2, 0.25) is 6.43 Å². The number of aromatic nitrogens is 3. The Balaban J connectivity index is 1.64. The van der Waals surface area contributed by atoms with Crippen LogP contribution in [0.1, 0.15) is 64.9 Å². The second-order valence-corrected chi connectivity index (χ2v) is 9.95. The molecule has 4 nitrogen and oxygen atoms in total. The van der Waals surface area contributed by atoms with Crippen molar-refractivity contribution in [2.45, 2.75) is 51.0 Å². The van der Waals surface area contributed by atoms with Crippen LogP contribution in [0.4, 0.5) is 13.2 Å². The number of fused-ring (bicyclic) bond motifs is 5. The maximum Gasteiger partial charge on any atom is 0.242 e. The van der Waals surface area contributed by atoms with Crippen molar-refractivity contribution in [2.75, 3.05) is 0 Å². The first kappa shape index (κ1) is 19.5. The molecule has 0 N–H and O–H groups in total. The van der Waals surface area contributed by atoms with Gasteiger partial charge >= 0.3 is 0 Å². The lowest BCUT2D eigenvalue weighted by Gasteiger charge is -2.14. The van der Waals surface area contributed by atoms with Gasteiger partial charge < -0.3 is 0 Å². The Morgan fingerprint density at radius 1 is 1.13 bits per heavy atom. The van der Waals surface area contributed by atoms with Crippen molar-refractivity contribution >= 4 is 28.6 Å². The summed E-state index contributed by atoms with van der Waals surface area (Å²) in [5.74, 6) is 0.701. The Kier molecular flexibility index (Phi) is 4.34. The fourth-order valence-electron chi connectivity index (χ4n) is 4.65. The smallest absolute Gasteiger partial charge is 0.242 e. The van der Waals surface area contributed by atoms with Gasteiger partial charge in [-0.1, -0.05) is 17.7 Å². The molecule has 9 heteroatoms. The SMILES string of the molecule is C[C@@H]1N=C(c2c(F)cccc2Cl)c2c(sc3c2CC(C(F)F)C3)-n2c(C3CC3)nnc21. The van der Waals surface area contributed by atoms with Crippen LogP contribution in [0.5, 0.6) is 0 Å². The number of rotatable bonds is 3. The highest BCUT2D eigenvalue weighted by atomic mass is 35.5. The highest BCUT2D eigenvalue weighted by Gasteiger charge is 2.41. The molecular weight excluding hydrogens is 445 g/mol. The lowest BCUT2D eigenvalue weighted by Crippen LogP contribution is -2.14. The van der Waals surface area contributed by atoms with E-state index in [1.807, 2.05) is 11.5 Å². The standard InChI is InChI=1S/C22H18ClF3N4S/c1-9-20-28-29-21(10-5-6-10)30(20)22-16(12-7-11(19(25)26)8-15(12)31-22)18(27-9)17-13(23)3-2-4-14(17)24/h2-4,9-11,19H,5-8H2,1H3/t9-,11?/m0/s1. The number of halogens is 4. The molecular formula is C22H18ClF3N4S. The molecule has 1 aliphatic heterocycles. The van der Waals surface area contributed by atoms with Gasteiger partial charge in [-0.05, 0) is 50.3 Å². The molecule has 0 spiro atoms. The number of thiophene rings is 1. The van der Waals surface area contributed by atoms with E-state index in [1.54, 1.807) is 12.1 Å². The largest absolute Gasteiger partial charge is 0.273 e. The van der Waals surface area contributed by atoms with E-state index in [9.17, 15) is 8.78 Å². The third-order valence-electron chi connectivity index (χ3n) is 6.33. The van der Waals surface area contributed by atoms with Crippen LogP contribution in [-0.2, 0) is 12.8 Å². The maximum absolute atomic E-state index is 15.0. The molecule has 1 aromatic carbocycles. The third kappa shape index (κ3) is 2.91. The molecule has 3 aromatic rings. The van der Waals surface area contributed by atoms with Gasteiger partial charge in [0.05, 0.1) is 16.3 Å². The van der Waals surface area contributed by atoms with E-state index in [-0.39, 0.29) is 23.0 Å². The van der Waals surface area contributed by atoms with Crippen LogP contribution in [-0.4, -0.2) is 26.9 Å². The van der Waals surface area contributed by atoms with Gasteiger partial charge in [0.1, 0.15) is 22.7 Å². The summed E-state index contributed by atoms with van der Waals surface area (Å²) in [5, 5.41) is 9.96. The second kappa shape index (κ2) is 6.90. The summed E-state index contributed by atoms with van der Waals surface area (Å²) < 4.78 is 44.1. The normalized spacial score (nSPS) is 22.2. The molecule has 2 atom stereocenters. The van der Waals surface area contributed by atoms with Crippen molar-refractivity contribution in [1.29, 1.82) is 0 Å². The molecule has 3 aliphatic rings. The van der Waals surface area contributed by atoms with Crippen molar-refractivity contribution in [3.05, 3.63) is 62.3 Å². The van der Waals surface area contributed by atoms with Crippen molar-refractivity contribution in [3.8, 4) is 5.00 Å². The van der Waals surface area contributed by atoms with E-state index in [0.717, 1.165) is 34.1 Å². The summed E-state index contributed by atoms with van der Waals surface area (Å²) >= 11 is 7.91. The molecule has 1 saturated carbocycles. The molecule has 0 saturated heterocycles. The molecule has 0 amide bonds. The van der Waals surface area contributed by atoms with Gasteiger partial charge in [0.25, 0.3) is 0 Å². The zero-order chi connectivity index (χ0) is 21.4. The topological polar surface area (TPSA) is 43.1 Å². The van der Waals surface area contributed by atoms with E-state index in [0.29, 0.717) is 29.4 Å². The van der Waals surface area contributed by atoms with E-state index in [2.05, 4.69) is 10.2 Å². The lowest BCUT2D eigenvalue weighted by molar-refractivity contribution is 0.0826. The quantitative estimate of drug-likeness (QED) is 0.487. The fraction of sp³-hybridized carbons (Fsp3) is 0.409. The zero-order valence-electron chi connectivity index (χ0n) is 16.6. The van der Waals surface area contributed by atoms with E-state index in [1.165, 1.54) is 17.4 Å². The summed E-state index contributed by atoms with van der Waals surface area (Å²) in [6, 6.07) is 4.15. The Morgan fingerprint density at radius 2 is 1.90 bits per heavy atom. The molecule has 2 aromatic heterocycles. The first-order valence-electron chi connectivity index (χ1n) is 10.3. The third-order valence-corrected chi connectivity index (χ3v) is 7.89. The summed E-state index contributed by atoms with van der Waals surface area (Å²) in [7, 11) is 0. The van der Waals surface area contributed by atoms with Gasteiger partial charge in [-0.3, -0.25) is 9.56 Å². The van der Waals surface area contributed by atoms with Crippen LogP contribution in [0, 0.1) is 11.7 Å². The van der Waals surface area contributed by atoms with Crippen LogP contribution in [0.25, 0.3) is 5.00 Å². The predicted molar refractivity (Wildman–Crippen MR) is 114 cm³/mol. The number of alkyl halides is 2. The van der Waals surface area contributed by atoms with Gasteiger partial charge in [0.15, 0.2) is 5.82 Å². The Labute approximate surface area is 185 Å². The van der Waals surface area contributed by atoms with Crippen LogP contribution >= 0.6 is 22.9 Å². The molecule has 160 valence electrons. The summed E-state index contributed by atoms with van der Waals surface area (Å²) in [5.41, 5.74) is 2.18. The molecule has 3 heterocycles. The Bertz CT molecular complexity index is 1220. The second-order valence-electron chi connectivity index (χ2n) is 8.46. The summed E-state index contributed by atoms with van der Waals surface area (Å²) in [4.78, 5) is 5.76. The summed E-state index contributed by atoms with van der Waals surface area (Å²) in [6.45, 7) is 1.89. The van der Waals surface area contributed by atoms with Gasteiger partial charge in [-0.25, -0.2) is 13.2 Å². The number of hydrogen-bond donors (Lipinski definition) is 0. The summed E-state index contributed by atoms with van der Waals surface area (Å²) in [6.07, 6.45) is 0.258. The van der Waals surface area contributed by atoms with Crippen molar-refractivity contribution in [2.24, 2.45) is 10.9 Å². The monoisotopic (exact) mass is 462 g/mol. The minimum Gasteiger partial charge on any atom is -0.273 e. The first-order valence-corrected chi connectivity index (χ1v) is 11.5. The molecule has 0 bridgehead atoms. The van der Waals surface area contributed by atoms with E-state index < -0.39 is 18.2 Å². The molecule has 1 fully saturated rings. The van der Waals surface area contributed by atoms with Crippen LogP contribution in [0.3, 0.4) is 0 Å². The number of hydrogen-bond acceptors (Lipinski definition) is 4. The highest BCUT2D eigenvalue weighted by molar-refractivity contribution is 7.15. The van der Waals surface area contributed by atoms with Crippen molar-refractivity contribution in [3.63, 3.8) is 0 Å². The minimum absolute atomic E-state index is 0.213. The van der Waals surface area contributed by atoms with Crippen LogP contribution < -0.4 is 0 Å². The van der Waals surface area contributed by atoms with Crippen LogP contribution in [0.2, 0.25) is 5.02 Å². The minimum atomic E-state index is -2.40. The molecule has 6 rings (SSSR count). The fourth-order valence-corrected chi connectivity index (χ4v) is 6.35. The first-order chi connectivity index (χ1) is 14.9. The van der Waals surface area contributed by atoms with E-state index >= 15 is 4.39 Å². The lowest BCUT2D eigenvalue weighted by atomic mass is 9.97. The molecule has 1 unspecified atom stereocenters. The Hall–Kier alpha value is -2.19. The predicted octanol–water partition coefficient (Wildman–Crippen LogP) is 5.89. The highest BCUT2D eigenvalue weighted by Crippen LogP contribution is 2.48. The van der Waals surface area contributed by atoms with Crippen LogP contribution in [0.15, 0.2) is 23.2 Å². The average Bonchev–Trinajstić information content (AvgIpc) is 3.21. The van der Waals surface area contributed by atoms with Gasteiger partial charge in [0, 0.05) is 22.3 Å². The van der Waals surface area contributed by atoms with Gasteiger partial charge in [-0.15, -0.1) is 21.5 Å². The van der Waals surface area contributed by atoms with E-state index in [4.69, 9.17) is 16.6 Å². The van der Waals surface area contributed by atoms with Crippen molar-refractivity contribution in [1.82, 2.24) is 14.8 Å². The van der Waals surface area contributed by atoms with Gasteiger partial charge in [-0.2, -0.15) is 0 Å². The average molecular weight is 463 g/mol.